The fourth-order valence-corrected chi connectivity index (χ4v) is 1.46. The fraction of sp³-hybridized carbons (Fsp3) is 0.154. The molecule has 1 aromatic heterocycles. The van der Waals surface area contributed by atoms with Gasteiger partial charge < -0.3 is 5.73 Å². The summed E-state index contributed by atoms with van der Waals surface area (Å²) in [6.07, 6.45) is 2.12. The molecule has 0 aliphatic carbocycles. The van der Waals surface area contributed by atoms with Gasteiger partial charge >= 0.3 is 0 Å². The number of nitrogens with zero attached hydrogens (tertiary/aromatic N) is 3. The lowest BCUT2D eigenvalue weighted by molar-refractivity contribution is 1.14. The molecule has 17 heavy (non-hydrogen) atoms. The first-order valence-corrected chi connectivity index (χ1v) is 5.26. The van der Waals surface area contributed by atoms with Gasteiger partial charge in [0, 0.05) is 17.3 Å². The first-order valence-electron chi connectivity index (χ1n) is 5.26. The van der Waals surface area contributed by atoms with Gasteiger partial charge in [0.25, 0.3) is 0 Å². The summed E-state index contributed by atoms with van der Waals surface area (Å²) in [5, 5.41) is 8.58. The van der Waals surface area contributed by atoms with Crippen LogP contribution in [0.15, 0.2) is 30.5 Å². The Morgan fingerprint density at radius 2 is 2.00 bits per heavy atom. The molecular weight excluding hydrogens is 212 g/mol. The van der Waals surface area contributed by atoms with Crippen LogP contribution >= 0.6 is 0 Å². The van der Waals surface area contributed by atoms with Crippen molar-refractivity contribution in [3.8, 4) is 17.5 Å². The van der Waals surface area contributed by atoms with Crippen LogP contribution in [0.3, 0.4) is 0 Å². The molecule has 0 saturated carbocycles. The Balaban J connectivity index is 2.33. The number of aryl methyl sites for hydroxylation is 1. The first-order chi connectivity index (χ1) is 8.20. The maximum absolute atomic E-state index is 8.58. The van der Waals surface area contributed by atoms with Gasteiger partial charge in [-0.3, -0.25) is 0 Å². The van der Waals surface area contributed by atoms with Crippen LogP contribution in [-0.4, -0.2) is 9.97 Å². The third-order valence-corrected chi connectivity index (χ3v) is 2.51. The van der Waals surface area contributed by atoms with E-state index in [-0.39, 0.29) is 0 Å². The van der Waals surface area contributed by atoms with Gasteiger partial charge in [-0.15, -0.1) is 0 Å². The predicted molar refractivity (Wildman–Crippen MR) is 65.9 cm³/mol. The van der Waals surface area contributed by atoms with E-state index in [0.29, 0.717) is 18.1 Å². The third kappa shape index (κ3) is 2.40. The lowest BCUT2D eigenvalue weighted by Gasteiger charge is -2.03. The minimum Gasteiger partial charge on any atom is -0.383 e. The summed E-state index contributed by atoms with van der Waals surface area (Å²) >= 11 is 0. The van der Waals surface area contributed by atoms with E-state index in [1.807, 2.05) is 31.2 Å². The van der Waals surface area contributed by atoms with Crippen LogP contribution < -0.4 is 5.73 Å². The van der Waals surface area contributed by atoms with Crippen molar-refractivity contribution in [1.82, 2.24) is 9.97 Å². The van der Waals surface area contributed by atoms with Crippen molar-refractivity contribution in [1.29, 1.82) is 5.26 Å². The standard InChI is InChI=1S/C13H12N4/c1-9-8-16-13(17-12(9)15)11-4-2-10(3-5-11)6-7-14/h2-5,8H,6H2,1H3,(H2,15,16,17). The molecule has 0 aliphatic heterocycles. The average molecular weight is 224 g/mol. The Kier molecular flexibility index (Phi) is 3.01. The van der Waals surface area contributed by atoms with Crippen molar-refractivity contribution in [2.75, 3.05) is 5.73 Å². The summed E-state index contributed by atoms with van der Waals surface area (Å²) in [5.74, 6) is 1.10. The molecule has 2 rings (SSSR count). The topological polar surface area (TPSA) is 75.6 Å². The highest BCUT2D eigenvalue weighted by Crippen LogP contribution is 2.17. The van der Waals surface area contributed by atoms with E-state index in [1.54, 1.807) is 6.20 Å². The largest absolute Gasteiger partial charge is 0.383 e. The Bertz CT molecular complexity index is 567. The molecule has 0 spiro atoms. The van der Waals surface area contributed by atoms with E-state index in [9.17, 15) is 0 Å². The molecule has 0 atom stereocenters. The zero-order valence-corrected chi connectivity index (χ0v) is 9.51. The lowest BCUT2D eigenvalue weighted by atomic mass is 10.1. The molecule has 0 unspecified atom stereocenters. The van der Waals surface area contributed by atoms with Gasteiger partial charge in [-0.05, 0) is 12.5 Å². The van der Waals surface area contributed by atoms with E-state index in [0.717, 1.165) is 16.7 Å². The maximum Gasteiger partial charge on any atom is 0.161 e. The van der Waals surface area contributed by atoms with Gasteiger partial charge in [0.2, 0.25) is 0 Å². The van der Waals surface area contributed by atoms with Crippen LogP contribution in [0.2, 0.25) is 0 Å². The van der Waals surface area contributed by atoms with E-state index < -0.39 is 0 Å². The van der Waals surface area contributed by atoms with Crippen LogP contribution in [-0.2, 0) is 6.42 Å². The molecule has 0 amide bonds. The molecule has 0 fully saturated rings. The minimum absolute atomic E-state index is 0.414. The molecular formula is C13H12N4. The highest BCUT2D eigenvalue weighted by atomic mass is 14.9. The molecule has 0 saturated heterocycles. The third-order valence-electron chi connectivity index (χ3n) is 2.51. The second-order valence-corrected chi connectivity index (χ2v) is 3.79. The van der Waals surface area contributed by atoms with Crippen molar-refractivity contribution >= 4 is 5.82 Å². The summed E-state index contributed by atoms with van der Waals surface area (Å²) in [4.78, 5) is 8.45. The molecule has 0 radical (unpaired) electrons. The van der Waals surface area contributed by atoms with Crippen molar-refractivity contribution in [3.63, 3.8) is 0 Å². The monoisotopic (exact) mass is 224 g/mol. The van der Waals surface area contributed by atoms with Gasteiger partial charge in [0.15, 0.2) is 5.82 Å². The van der Waals surface area contributed by atoms with Crippen molar-refractivity contribution in [3.05, 3.63) is 41.6 Å². The zero-order chi connectivity index (χ0) is 12.3. The quantitative estimate of drug-likeness (QED) is 0.847. The highest BCUT2D eigenvalue weighted by molar-refractivity contribution is 5.57. The van der Waals surface area contributed by atoms with Crippen LogP contribution in [0.1, 0.15) is 11.1 Å². The van der Waals surface area contributed by atoms with Crippen LogP contribution in [0, 0.1) is 18.3 Å². The number of hydrogen-bond donors (Lipinski definition) is 1. The summed E-state index contributed by atoms with van der Waals surface area (Å²) in [5.41, 5.74) is 8.50. The van der Waals surface area contributed by atoms with E-state index >= 15 is 0 Å². The predicted octanol–water partition coefficient (Wildman–Crippen LogP) is 2.10. The normalized spacial score (nSPS) is 9.88. The second-order valence-electron chi connectivity index (χ2n) is 3.79. The molecule has 1 heterocycles. The molecule has 4 heteroatoms. The SMILES string of the molecule is Cc1cnc(-c2ccc(CC#N)cc2)nc1N. The Labute approximate surface area is 99.8 Å². The summed E-state index contributed by atoms with van der Waals surface area (Å²) in [6.45, 7) is 1.87. The second kappa shape index (κ2) is 4.62. The Morgan fingerprint density at radius 3 is 2.59 bits per heavy atom. The van der Waals surface area contributed by atoms with Gasteiger partial charge in [-0.1, -0.05) is 24.3 Å². The Hall–Kier alpha value is -2.41. The number of benzene rings is 1. The van der Waals surface area contributed by atoms with Gasteiger partial charge in [0.05, 0.1) is 12.5 Å². The van der Waals surface area contributed by atoms with E-state index in [4.69, 9.17) is 11.0 Å². The number of aromatic nitrogens is 2. The van der Waals surface area contributed by atoms with Crippen LogP contribution in [0.5, 0.6) is 0 Å². The average Bonchev–Trinajstić information content (AvgIpc) is 2.34. The number of nitrogen functional groups attached to an aromatic ring is 1. The molecule has 0 aliphatic rings. The van der Waals surface area contributed by atoms with E-state index in [2.05, 4.69) is 16.0 Å². The molecule has 84 valence electrons. The summed E-state index contributed by atoms with van der Waals surface area (Å²) < 4.78 is 0. The van der Waals surface area contributed by atoms with Crippen LogP contribution in [0.25, 0.3) is 11.4 Å². The Morgan fingerprint density at radius 1 is 1.29 bits per heavy atom. The number of anilines is 1. The highest BCUT2D eigenvalue weighted by Gasteiger charge is 2.03. The van der Waals surface area contributed by atoms with Crippen LogP contribution in [0.4, 0.5) is 5.82 Å². The number of nitrogens with two attached hydrogens (primary N) is 1. The molecule has 4 nitrogen and oxygen atoms in total. The minimum atomic E-state index is 0.414. The molecule has 0 bridgehead atoms. The summed E-state index contributed by atoms with van der Waals surface area (Å²) in [7, 11) is 0. The maximum atomic E-state index is 8.58. The lowest BCUT2D eigenvalue weighted by Crippen LogP contribution is -1.98. The first kappa shape index (κ1) is 11.1. The number of rotatable bonds is 2. The van der Waals surface area contributed by atoms with Crippen molar-refractivity contribution in [2.45, 2.75) is 13.3 Å². The number of nitriles is 1. The fourth-order valence-electron chi connectivity index (χ4n) is 1.46. The summed E-state index contributed by atoms with van der Waals surface area (Å²) in [6, 6.07) is 9.71. The smallest absolute Gasteiger partial charge is 0.161 e. The van der Waals surface area contributed by atoms with Gasteiger partial charge in [0.1, 0.15) is 5.82 Å². The molecule has 1 aromatic carbocycles. The van der Waals surface area contributed by atoms with Gasteiger partial charge in [-0.25, -0.2) is 9.97 Å². The molecule has 2 aromatic rings. The zero-order valence-electron chi connectivity index (χ0n) is 9.51. The van der Waals surface area contributed by atoms with E-state index in [1.165, 1.54) is 0 Å². The molecule has 2 N–H and O–H groups in total. The van der Waals surface area contributed by atoms with Crippen molar-refractivity contribution < 1.29 is 0 Å². The number of hydrogen-bond acceptors (Lipinski definition) is 4. The van der Waals surface area contributed by atoms with Gasteiger partial charge in [-0.2, -0.15) is 5.26 Å². The van der Waals surface area contributed by atoms with Crippen molar-refractivity contribution in [2.24, 2.45) is 0 Å².